The zero-order valence-corrected chi connectivity index (χ0v) is 13.5. The summed E-state index contributed by atoms with van der Waals surface area (Å²) in [6.07, 6.45) is 13.3. The molecular weight excluding hydrogens is 302 g/mol. The van der Waals surface area contributed by atoms with Gasteiger partial charge < -0.3 is 14.8 Å². The molecule has 0 saturated heterocycles. The molecule has 0 aromatic carbocycles. The van der Waals surface area contributed by atoms with Crippen LogP contribution in [0.1, 0.15) is 24.7 Å². The van der Waals surface area contributed by atoms with E-state index in [1.54, 1.807) is 6.20 Å². The lowest BCUT2D eigenvalue weighted by Crippen LogP contribution is -1.88. The lowest BCUT2D eigenvalue weighted by molar-refractivity contribution is 0.242. The number of aromatic amines is 1. The number of aliphatic hydroxyl groups is 1. The number of nitrogens with zero attached hydrogens (tertiary/aromatic N) is 2. The standard InChI is InChI=1S/C19H19N3O2/c1-3-6-17(23)14-11-16-19(20-12-14)22-18(21-16)13-7-5-8-15(10-9-13)24-4-2/h3,5-8,10-12,23H,1,4,9H2,2H3,(H,20,21,22)/b17-6-. The van der Waals surface area contributed by atoms with Crippen molar-refractivity contribution in [3.05, 3.63) is 72.4 Å². The summed E-state index contributed by atoms with van der Waals surface area (Å²) in [5, 5.41) is 9.93. The van der Waals surface area contributed by atoms with Gasteiger partial charge in [0, 0.05) is 11.8 Å². The highest BCUT2D eigenvalue weighted by molar-refractivity contribution is 5.79. The summed E-state index contributed by atoms with van der Waals surface area (Å²) in [5.74, 6) is 1.75. The zero-order valence-electron chi connectivity index (χ0n) is 13.5. The molecule has 0 bridgehead atoms. The normalized spacial score (nSPS) is 15.0. The topological polar surface area (TPSA) is 71.0 Å². The summed E-state index contributed by atoms with van der Waals surface area (Å²) in [6.45, 7) is 6.18. The Kier molecular flexibility index (Phi) is 4.61. The molecule has 5 heteroatoms. The molecule has 0 saturated carbocycles. The molecule has 5 nitrogen and oxygen atoms in total. The van der Waals surface area contributed by atoms with Gasteiger partial charge >= 0.3 is 0 Å². The van der Waals surface area contributed by atoms with Crippen molar-refractivity contribution in [2.75, 3.05) is 6.61 Å². The van der Waals surface area contributed by atoms with Crippen LogP contribution in [0.3, 0.4) is 0 Å². The van der Waals surface area contributed by atoms with Gasteiger partial charge in [-0.25, -0.2) is 9.97 Å². The number of rotatable bonds is 5. The molecule has 1 aliphatic carbocycles. The van der Waals surface area contributed by atoms with E-state index in [4.69, 9.17) is 4.74 Å². The second kappa shape index (κ2) is 7.00. The van der Waals surface area contributed by atoms with Crippen LogP contribution in [0.2, 0.25) is 0 Å². The first-order valence-corrected chi connectivity index (χ1v) is 7.79. The zero-order chi connectivity index (χ0) is 16.9. The second-order valence-corrected chi connectivity index (χ2v) is 5.26. The Labute approximate surface area is 140 Å². The first kappa shape index (κ1) is 15.8. The minimum atomic E-state index is 0.122. The van der Waals surface area contributed by atoms with E-state index in [1.807, 2.05) is 37.3 Å². The third-order valence-corrected chi connectivity index (χ3v) is 3.61. The second-order valence-electron chi connectivity index (χ2n) is 5.26. The molecule has 2 heterocycles. The average Bonchev–Trinajstić information content (AvgIpc) is 2.87. The summed E-state index contributed by atoms with van der Waals surface area (Å²) < 4.78 is 5.53. The van der Waals surface area contributed by atoms with E-state index in [0.717, 1.165) is 29.1 Å². The molecule has 2 aromatic rings. The number of pyridine rings is 1. The minimum absolute atomic E-state index is 0.122. The van der Waals surface area contributed by atoms with Crippen LogP contribution < -0.4 is 0 Å². The van der Waals surface area contributed by atoms with Crippen molar-refractivity contribution >= 4 is 22.5 Å². The number of H-pyrrole nitrogens is 1. The van der Waals surface area contributed by atoms with Crippen molar-refractivity contribution in [3.8, 4) is 0 Å². The Morgan fingerprint density at radius 2 is 2.38 bits per heavy atom. The van der Waals surface area contributed by atoms with Crippen LogP contribution in [-0.2, 0) is 4.74 Å². The van der Waals surface area contributed by atoms with Crippen LogP contribution in [0.4, 0.5) is 0 Å². The highest BCUT2D eigenvalue weighted by atomic mass is 16.5. The van der Waals surface area contributed by atoms with E-state index in [1.165, 1.54) is 12.2 Å². The predicted molar refractivity (Wildman–Crippen MR) is 96.1 cm³/mol. The molecule has 2 N–H and O–H groups in total. The van der Waals surface area contributed by atoms with Crippen LogP contribution in [0, 0.1) is 0 Å². The minimum Gasteiger partial charge on any atom is -0.507 e. The molecular formula is C19H19N3O2. The maximum absolute atomic E-state index is 9.93. The molecule has 0 spiro atoms. The molecule has 0 amide bonds. The number of imidazole rings is 1. The van der Waals surface area contributed by atoms with Gasteiger partial charge in [0.25, 0.3) is 0 Å². The number of aromatic nitrogens is 3. The number of hydrogen-bond acceptors (Lipinski definition) is 4. The van der Waals surface area contributed by atoms with Gasteiger partial charge in [0.15, 0.2) is 5.65 Å². The Balaban J connectivity index is 1.91. The van der Waals surface area contributed by atoms with E-state index in [2.05, 4.69) is 21.5 Å². The van der Waals surface area contributed by atoms with Crippen molar-refractivity contribution in [2.24, 2.45) is 0 Å². The number of allylic oxidation sites excluding steroid dienone is 7. The molecule has 1 aliphatic rings. The molecule has 0 unspecified atom stereocenters. The number of nitrogens with one attached hydrogen (secondary N) is 1. The molecule has 2 aromatic heterocycles. The third kappa shape index (κ3) is 3.30. The summed E-state index contributed by atoms with van der Waals surface area (Å²) in [7, 11) is 0. The molecule has 0 aliphatic heterocycles. The molecule has 0 radical (unpaired) electrons. The van der Waals surface area contributed by atoms with Crippen LogP contribution in [0.25, 0.3) is 22.5 Å². The maximum Gasteiger partial charge on any atom is 0.178 e. The Hall–Kier alpha value is -3.08. The van der Waals surface area contributed by atoms with Gasteiger partial charge in [-0.15, -0.1) is 0 Å². The predicted octanol–water partition coefficient (Wildman–Crippen LogP) is 4.31. The fourth-order valence-electron chi connectivity index (χ4n) is 2.46. The van der Waals surface area contributed by atoms with Crippen LogP contribution in [0.15, 0.2) is 61.1 Å². The van der Waals surface area contributed by atoms with Gasteiger partial charge in [0.1, 0.15) is 17.3 Å². The maximum atomic E-state index is 9.93. The highest BCUT2D eigenvalue weighted by Gasteiger charge is 2.11. The molecule has 3 rings (SSSR count). The third-order valence-electron chi connectivity index (χ3n) is 3.61. The molecule has 122 valence electrons. The van der Waals surface area contributed by atoms with E-state index in [-0.39, 0.29) is 5.76 Å². The lowest BCUT2D eigenvalue weighted by atomic mass is 10.1. The highest BCUT2D eigenvalue weighted by Crippen LogP contribution is 2.23. The van der Waals surface area contributed by atoms with Gasteiger partial charge in [-0.05, 0) is 43.2 Å². The summed E-state index contributed by atoms with van der Waals surface area (Å²) in [4.78, 5) is 12.1. The monoisotopic (exact) mass is 321 g/mol. The van der Waals surface area contributed by atoms with E-state index >= 15 is 0 Å². The largest absolute Gasteiger partial charge is 0.507 e. The van der Waals surface area contributed by atoms with E-state index in [9.17, 15) is 5.11 Å². The fraction of sp³-hybridized carbons (Fsp3) is 0.158. The van der Waals surface area contributed by atoms with Gasteiger partial charge in [-0.2, -0.15) is 0 Å². The first-order chi connectivity index (χ1) is 11.7. The van der Waals surface area contributed by atoms with E-state index < -0.39 is 0 Å². The average molecular weight is 321 g/mol. The van der Waals surface area contributed by atoms with Crippen molar-refractivity contribution in [1.29, 1.82) is 0 Å². The number of aliphatic hydroxyl groups excluding tert-OH is 1. The number of hydrogen-bond donors (Lipinski definition) is 2. The SMILES string of the molecule is C=C/C=C(\O)c1cnc2nc(C3=CC=CC(OCC)=CC3)[nH]c2c1. The Morgan fingerprint density at radius 3 is 3.17 bits per heavy atom. The van der Waals surface area contributed by atoms with Crippen LogP contribution in [0.5, 0.6) is 0 Å². The summed E-state index contributed by atoms with van der Waals surface area (Å²) >= 11 is 0. The van der Waals surface area contributed by atoms with Crippen LogP contribution >= 0.6 is 0 Å². The number of fused-ring (bicyclic) bond motifs is 1. The Morgan fingerprint density at radius 1 is 1.50 bits per heavy atom. The van der Waals surface area contributed by atoms with Gasteiger partial charge in [0.2, 0.25) is 0 Å². The van der Waals surface area contributed by atoms with Crippen molar-refractivity contribution < 1.29 is 9.84 Å². The first-order valence-electron chi connectivity index (χ1n) is 7.79. The fourth-order valence-corrected chi connectivity index (χ4v) is 2.46. The van der Waals surface area contributed by atoms with Gasteiger partial charge in [-0.3, -0.25) is 0 Å². The van der Waals surface area contributed by atoms with Gasteiger partial charge in [-0.1, -0.05) is 24.8 Å². The molecule has 24 heavy (non-hydrogen) atoms. The molecule has 0 fully saturated rings. The van der Waals surface area contributed by atoms with Crippen LogP contribution in [-0.4, -0.2) is 26.7 Å². The summed E-state index contributed by atoms with van der Waals surface area (Å²) in [6, 6.07) is 1.82. The smallest absolute Gasteiger partial charge is 0.178 e. The van der Waals surface area contributed by atoms with Crippen molar-refractivity contribution in [2.45, 2.75) is 13.3 Å². The Bertz CT molecular complexity index is 885. The quantitative estimate of drug-likeness (QED) is 0.636. The summed E-state index contributed by atoms with van der Waals surface area (Å²) in [5.41, 5.74) is 3.05. The van der Waals surface area contributed by atoms with E-state index in [0.29, 0.717) is 17.8 Å². The lowest BCUT2D eigenvalue weighted by Gasteiger charge is -2.02. The van der Waals surface area contributed by atoms with Gasteiger partial charge in [0.05, 0.1) is 12.1 Å². The number of ether oxygens (including phenoxy) is 1. The molecule has 0 atom stereocenters. The van der Waals surface area contributed by atoms with Crippen molar-refractivity contribution in [1.82, 2.24) is 15.0 Å². The van der Waals surface area contributed by atoms with Crippen molar-refractivity contribution in [3.63, 3.8) is 0 Å².